The van der Waals surface area contributed by atoms with Crippen molar-refractivity contribution in [2.24, 2.45) is 5.92 Å². The van der Waals surface area contributed by atoms with Gasteiger partial charge in [0.15, 0.2) is 0 Å². The minimum atomic E-state index is -0.430. The smallest absolute Gasteiger partial charge is 0.226 e. The molecular formula is C16H22N2O2. The van der Waals surface area contributed by atoms with Crippen LogP contribution in [0.25, 0.3) is 0 Å². The molecule has 0 spiro atoms. The number of carbonyl (C=O) groups is 2. The molecule has 0 radical (unpaired) electrons. The Morgan fingerprint density at radius 2 is 2.00 bits per heavy atom. The van der Waals surface area contributed by atoms with Crippen LogP contribution in [0.15, 0.2) is 30.3 Å². The minimum Gasteiger partial charge on any atom is -0.347 e. The normalized spacial score (nSPS) is 19.2. The van der Waals surface area contributed by atoms with Gasteiger partial charge in [-0.25, -0.2) is 0 Å². The van der Waals surface area contributed by atoms with Crippen molar-refractivity contribution in [2.75, 3.05) is 13.1 Å². The number of amides is 2. The van der Waals surface area contributed by atoms with E-state index in [4.69, 9.17) is 0 Å². The van der Waals surface area contributed by atoms with E-state index < -0.39 is 5.54 Å². The maximum absolute atomic E-state index is 12.4. The molecule has 4 nitrogen and oxygen atoms in total. The van der Waals surface area contributed by atoms with Gasteiger partial charge in [-0.3, -0.25) is 9.59 Å². The lowest BCUT2D eigenvalue weighted by Gasteiger charge is -2.28. The van der Waals surface area contributed by atoms with Gasteiger partial charge in [0, 0.05) is 19.5 Å². The predicted molar refractivity (Wildman–Crippen MR) is 78.0 cm³/mol. The summed E-state index contributed by atoms with van der Waals surface area (Å²) in [5.41, 5.74) is 0.631. The Balaban J connectivity index is 2.03. The third-order valence-electron chi connectivity index (χ3n) is 3.90. The highest BCUT2D eigenvalue weighted by Gasteiger charge is 2.35. The SMILES string of the molecule is CCN1C[C@H](C(=O)NC(C)(C)c2ccccc2)CC1=O. The van der Waals surface area contributed by atoms with E-state index in [9.17, 15) is 9.59 Å². The summed E-state index contributed by atoms with van der Waals surface area (Å²) in [5.74, 6) is -0.196. The summed E-state index contributed by atoms with van der Waals surface area (Å²) in [6.07, 6.45) is 0.324. The molecule has 1 aromatic rings. The average Bonchev–Trinajstić information content (AvgIpc) is 2.81. The standard InChI is InChI=1S/C16H22N2O2/c1-4-18-11-12(10-14(18)19)15(20)17-16(2,3)13-8-6-5-7-9-13/h5-9,12H,4,10-11H2,1-3H3,(H,17,20)/t12-/m1/s1. The van der Waals surface area contributed by atoms with E-state index >= 15 is 0 Å². The molecule has 1 atom stereocenters. The highest BCUT2D eigenvalue weighted by Crippen LogP contribution is 2.23. The van der Waals surface area contributed by atoms with Crippen LogP contribution in [0.4, 0.5) is 0 Å². The lowest BCUT2D eigenvalue weighted by Crippen LogP contribution is -2.44. The van der Waals surface area contributed by atoms with Crippen LogP contribution in [0.3, 0.4) is 0 Å². The fourth-order valence-electron chi connectivity index (χ4n) is 2.59. The molecule has 0 aliphatic carbocycles. The molecule has 1 fully saturated rings. The van der Waals surface area contributed by atoms with Crippen LogP contribution in [0.5, 0.6) is 0 Å². The second-order valence-electron chi connectivity index (χ2n) is 5.81. The molecule has 4 heteroatoms. The maximum Gasteiger partial charge on any atom is 0.226 e. The number of nitrogens with zero attached hydrogens (tertiary/aromatic N) is 1. The average molecular weight is 274 g/mol. The monoisotopic (exact) mass is 274 g/mol. The second-order valence-corrected chi connectivity index (χ2v) is 5.81. The number of benzene rings is 1. The van der Waals surface area contributed by atoms with Crippen LogP contribution in [0, 0.1) is 5.92 Å². The number of hydrogen-bond donors (Lipinski definition) is 1. The first-order chi connectivity index (χ1) is 9.44. The Hall–Kier alpha value is -1.84. The summed E-state index contributed by atoms with van der Waals surface area (Å²) >= 11 is 0. The molecule has 1 heterocycles. The van der Waals surface area contributed by atoms with Gasteiger partial charge in [-0.05, 0) is 26.3 Å². The summed E-state index contributed by atoms with van der Waals surface area (Å²) in [6, 6.07) is 9.87. The van der Waals surface area contributed by atoms with E-state index in [1.807, 2.05) is 51.1 Å². The third-order valence-corrected chi connectivity index (χ3v) is 3.90. The highest BCUT2D eigenvalue weighted by molar-refractivity contribution is 5.89. The van der Waals surface area contributed by atoms with E-state index in [1.165, 1.54) is 0 Å². The van der Waals surface area contributed by atoms with Gasteiger partial charge in [0.25, 0.3) is 0 Å². The third kappa shape index (κ3) is 3.00. The topological polar surface area (TPSA) is 49.4 Å². The Bertz CT molecular complexity index is 496. The molecule has 1 aliphatic heterocycles. The zero-order valence-corrected chi connectivity index (χ0v) is 12.3. The van der Waals surface area contributed by atoms with Crippen molar-refractivity contribution in [3.8, 4) is 0 Å². The van der Waals surface area contributed by atoms with Crippen molar-refractivity contribution >= 4 is 11.8 Å². The second kappa shape index (κ2) is 5.65. The molecule has 1 saturated heterocycles. The molecule has 2 amide bonds. The molecule has 2 rings (SSSR count). The Morgan fingerprint density at radius 3 is 2.55 bits per heavy atom. The molecule has 1 N–H and O–H groups in total. The maximum atomic E-state index is 12.4. The predicted octanol–water partition coefficient (Wildman–Crippen LogP) is 1.91. The highest BCUT2D eigenvalue weighted by atomic mass is 16.2. The van der Waals surface area contributed by atoms with Crippen molar-refractivity contribution < 1.29 is 9.59 Å². The van der Waals surface area contributed by atoms with Gasteiger partial charge >= 0.3 is 0 Å². The van der Waals surface area contributed by atoms with Crippen LogP contribution in [-0.4, -0.2) is 29.8 Å². The van der Waals surface area contributed by atoms with Gasteiger partial charge in [0.05, 0.1) is 11.5 Å². The van der Waals surface area contributed by atoms with E-state index in [0.717, 1.165) is 5.56 Å². The van der Waals surface area contributed by atoms with Crippen LogP contribution in [0.1, 0.15) is 32.8 Å². The van der Waals surface area contributed by atoms with Gasteiger partial charge in [0.2, 0.25) is 11.8 Å². The molecule has 108 valence electrons. The molecule has 0 bridgehead atoms. The molecule has 0 aromatic heterocycles. The number of hydrogen-bond acceptors (Lipinski definition) is 2. The van der Waals surface area contributed by atoms with Crippen molar-refractivity contribution in [1.82, 2.24) is 10.2 Å². The number of carbonyl (C=O) groups excluding carboxylic acids is 2. The van der Waals surface area contributed by atoms with Gasteiger partial charge in [-0.2, -0.15) is 0 Å². The molecule has 1 aliphatic rings. The van der Waals surface area contributed by atoms with Gasteiger partial charge < -0.3 is 10.2 Å². The largest absolute Gasteiger partial charge is 0.347 e. The van der Waals surface area contributed by atoms with Gasteiger partial charge in [0.1, 0.15) is 0 Å². The lowest BCUT2D eigenvalue weighted by molar-refractivity contribution is -0.129. The molecule has 1 aromatic carbocycles. The minimum absolute atomic E-state index is 0.0387. The zero-order valence-electron chi connectivity index (χ0n) is 12.3. The zero-order chi connectivity index (χ0) is 14.8. The number of rotatable bonds is 4. The summed E-state index contributed by atoms with van der Waals surface area (Å²) < 4.78 is 0. The van der Waals surface area contributed by atoms with Gasteiger partial charge in [-0.15, -0.1) is 0 Å². The first kappa shape index (κ1) is 14.6. The molecular weight excluding hydrogens is 252 g/mol. The van der Waals surface area contributed by atoms with E-state index in [0.29, 0.717) is 19.5 Å². The Morgan fingerprint density at radius 1 is 1.35 bits per heavy atom. The lowest BCUT2D eigenvalue weighted by atomic mass is 9.93. The number of likely N-dealkylation sites (tertiary alicyclic amines) is 1. The summed E-state index contributed by atoms with van der Waals surface area (Å²) in [7, 11) is 0. The van der Waals surface area contributed by atoms with E-state index in [1.54, 1.807) is 4.90 Å². The molecule has 20 heavy (non-hydrogen) atoms. The van der Waals surface area contributed by atoms with Crippen molar-refractivity contribution in [2.45, 2.75) is 32.7 Å². The first-order valence-corrected chi connectivity index (χ1v) is 7.09. The Labute approximate surface area is 120 Å². The van der Waals surface area contributed by atoms with Crippen LogP contribution in [-0.2, 0) is 15.1 Å². The first-order valence-electron chi connectivity index (χ1n) is 7.09. The summed E-state index contributed by atoms with van der Waals surface area (Å²) in [6.45, 7) is 7.10. The van der Waals surface area contributed by atoms with Crippen LogP contribution in [0.2, 0.25) is 0 Å². The summed E-state index contributed by atoms with van der Waals surface area (Å²) in [5, 5.41) is 3.06. The fraction of sp³-hybridized carbons (Fsp3) is 0.500. The van der Waals surface area contributed by atoms with Crippen LogP contribution >= 0.6 is 0 Å². The van der Waals surface area contributed by atoms with Crippen molar-refractivity contribution in [3.63, 3.8) is 0 Å². The van der Waals surface area contributed by atoms with E-state index in [2.05, 4.69) is 5.32 Å². The summed E-state index contributed by atoms with van der Waals surface area (Å²) in [4.78, 5) is 25.8. The molecule has 0 unspecified atom stereocenters. The van der Waals surface area contributed by atoms with E-state index in [-0.39, 0.29) is 17.7 Å². The van der Waals surface area contributed by atoms with Crippen molar-refractivity contribution in [1.29, 1.82) is 0 Å². The van der Waals surface area contributed by atoms with Crippen LogP contribution < -0.4 is 5.32 Å². The van der Waals surface area contributed by atoms with Crippen molar-refractivity contribution in [3.05, 3.63) is 35.9 Å². The quantitative estimate of drug-likeness (QED) is 0.911. The Kier molecular flexibility index (Phi) is 4.12. The number of nitrogens with one attached hydrogen (secondary N) is 1. The van der Waals surface area contributed by atoms with Gasteiger partial charge in [-0.1, -0.05) is 30.3 Å². The fourth-order valence-corrected chi connectivity index (χ4v) is 2.59. The molecule has 0 saturated carbocycles.